The van der Waals surface area contributed by atoms with Gasteiger partial charge in [0.1, 0.15) is 0 Å². The first-order valence-corrected chi connectivity index (χ1v) is 5.93. The lowest BCUT2D eigenvalue weighted by molar-refractivity contribution is -0.138. The molecule has 0 saturated carbocycles. The third kappa shape index (κ3) is 4.52. The van der Waals surface area contributed by atoms with Crippen LogP contribution >= 0.6 is 0 Å². The van der Waals surface area contributed by atoms with Crippen LogP contribution in [0.4, 0.5) is 13.2 Å². The van der Waals surface area contributed by atoms with E-state index in [2.05, 4.69) is 12.2 Å². The Morgan fingerprint density at radius 2 is 2.00 bits per heavy atom. The van der Waals surface area contributed by atoms with E-state index in [1.807, 2.05) is 0 Å². The largest absolute Gasteiger partial charge is 0.417 e. The molecule has 0 radical (unpaired) electrons. The van der Waals surface area contributed by atoms with Crippen molar-refractivity contribution in [3.63, 3.8) is 0 Å². The van der Waals surface area contributed by atoms with Crippen LogP contribution in [0.3, 0.4) is 0 Å². The summed E-state index contributed by atoms with van der Waals surface area (Å²) in [7, 11) is 0. The molecule has 1 N–H and O–H groups in total. The molecule has 18 heavy (non-hydrogen) atoms. The summed E-state index contributed by atoms with van der Waals surface area (Å²) < 4.78 is 38.5. The van der Waals surface area contributed by atoms with E-state index in [1.54, 1.807) is 0 Å². The van der Waals surface area contributed by atoms with E-state index in [0.717, 1.165) is 42.3 Å². The molecule has 1 aromatic rings. The van der Waals surface area contributed by atoms with Crippen LogP contribution in [-0.2, 0) is 12.7 Å². The van der Waals surface area contributed by atoms with Crippen LogP contribution in [-0.4, -0.2) is 17.7 Å². The predicted molar refractivity (Wildman–Crippen MR) is 63.5 cm³/mol. The Bertz CT molecular complexity index is 426. The molecule has 3 nitrogen and oxygen atoms in total. The van der Waals surface area contributed by atoms with Gasteiger partial charge in [-0.1, -0.05) is 13.3 Å². The monoisotopic (exact) mass is 262 g/mol. The zero-order valence-electron chi connectivity index (χ0n) is 10.3. The first kappa shape index (κ1) is 14.8. The van der Waals surface area contributed by atoms with Crippen LogP contribution in [0.2, 0.25) is 0 Å². The highest BCUT2D eigenvalue weighted by molar-refractivity contribution is 5.13. The molecule has 1 rings (SSSR count). The number of nitrogens with zero attached hydrogens (tertiary/aromatic N) is 1. The summed E-state index contributed by atoms with van der Waals surface area (Å²) in [6.07, 6.45) is -1.48. The first-order valence-electron chi connectivity index (χ1n) is 5.93. The van der Waals surface area contributed by atoms with Gasteiger partial charge in [0.15, 0.2) is 0 Å². The Hall–Kier alpha value is -1.30. The molecule has 0 aliphatic rings. The van der Waals surface area contributed by atoms with Gasteiger partial charge < -0.3 is 9.88 Å². The van der Waals surface area contributed by atoms with Crippen molar-refractivity contribution in [3.05, 3.63) is 34.2 Å². The molecule has 102 valence electrons. The van der Waals surface area contributed by atoms with Crippen molar-refractivity contribution in [1.82, 2.24) is 9.88 Å². The fourth-order valence-electron chi connectivity index (χ4n) is 1.50. The van der Waals surface area contributed by atoms with Crippen molar-refractivity contribution in [2.45, 2.75) is 32.5 Å². The summed E-state index contributed by atoms with van der Waals surface area (Å²) in [5, 5.41) is 3.08. The Morgan fingerprint density at radius 1 is 1.28 bits per heavy atom. The van der Waals surface area contributed by atoms with Gasteiger partial charge >= 0.3 is 6.18 Å². The van der Waals surface area contributed by atoms with Crippen molar-refractivity contribution >= 4 is 0 Å². The fraction of sp³-hybridized carbons (Fsp3) is 0.583. The van der Waals surface area contributed by atoms with Gasteiger partial charge in [-0.2, -0.15) is 13.2 Å². The number of hydrogen-bond donors (Lipinski definition) is 1. The summed E-state index contributed by atoms with van der Waals surface area (Å²) in [6, 6.07) is 1.76. The van der Waals surface area contributed by atoms with Gasteiger partial charge in [-0.25, -0.2) is 0 Å². The van der Waals surface area contributed by atoms with Gasteiger partial charge in [-0.15, -0.1) is 0 Å². The van der Waals surface area contributed by atoms with E-state index >= 15 is 0 Å². The second-order valence-electron chi connectivity index (χ2n) is 4.05. The van der Waals surface area contributed by atoms with Gasteiger partial charge in [-0.3, -0.25) is 4.79 Å². The first-order chi connectivity index (χ1) is 8.45. The highest BCUT2D eigenvalue weighted by atomic mass is 19.4. The topological polar surface area (TPSA) is 34.0 Å². The highest BCUT2D eigenvalue weighted by Gasteiger charge is 2.30. The average Bonchev–Trinajstić information content (AvgIpc) is 2.29. The van der Waals surface area contributed by atoms with Gasteiger partial charge in [0, 0.05) is 25.4 Å². The van der Waals surface area contributed by atoms with Crippen molar-refractivity contribution in [2.24, 2.45) is 0 Å². The molecule has 0 aliphatic carbocycles. The summed E-state index contributed by atoms with van der Waals surface area (Å²) in [5.74, 6) is 0. The minimum Gasteiger partial charge on any atom is -0.315 e. The Balaban J connectivity index is 2.62. The Morgan fingerprint density at radius 3 is 2.61 bits per heavy atom. The molecule has 0 saturated heterocycles. The lowest BCUT2D eigenvalue weighted by atomic mass is 10.3. The van der Waals surface area contributed by atoms with Gasteiger partial charge in [0.25, 0.3) is 5.56 Å². The van der Waals surface area contributed by atoms with Crippen LogP contribution in [0.5, 0.6) is 0 Å². The molecule has 0 aromatic carbocycles. The number of rotatable bonds is 6. The number of nitrogens with one attached hydrogen (secondary N) is 1. The zero-order valence-corrected chi connectivity index (χ0v) is 10.3. The molecular weight excluding hydrogens is 245 g/mol. The lowest BCUT2D eigenvalue weighted by Crippen LogP contribution is -2.28. The second kappa shape index (κ2) is 6.58. The van der Waals surface area contributed by atoms with Crippen molar-refractivity contribution in [2.75, 3.05) is 13.1 Å². The van der Waals surface area contributed by atoms with E-state index in [1.165, 1.54) is 0 Å². The predicted octanol–water partition coefficient (Wildman–Crippen LogP) is 2.26. The van der Waals surface area contributed by atoms with Crippen LogP contribution in [0, 0.1) is 0 Å². The number of aromatic nitrogens is 1. The van der Waals surface area contributed by atoms with Gasteiger partial charge in [0.05, 0.1) is 5.56 Å². The van der Waals surface area contributed by atoms with E-state index in [0.29, 0.717) is 6.54 Å². The lowest BCUT2D eigenvalue weighted by Gasteiger charge is -2.11. The number of pyridine rings is 1. The third-order valence-corrected chi connectivity index (χ3v) is 2.55. The highest BCUT2D eigenvalue weighted by Crippen LogP contribution is 2.27. The van der Waals surface area contributed by atoms with Crippen molar-refractivity contribution in [1.29, 1.82) is 0 Å². The number of alkyl halides is 3. The minimum absolute atomic E-state index is 0.243. The quantitative estimate of drug-likeness (QED) is 0.798. The molecule has 0 fully saturated rings. The summed E-state index contributed by atoms with van der Waals surface area (Å²) >= 11 is 0. The smallest absolute Gasteiger partial charge is 0.315 e. The molecule has 0 unspecified atom stereocenters. The maximum absolute atomic E-state index is 12.5. The fourth-order valence-corrected chi connectivity index (χ4v) is 1.50. The Labute approximate surface area is 104 Å². The maximum atomic E-state index is 12.5. The minimum atomic E-state index is -4.41. The van der Waals surface area contributed by atoms with Crippen LogP contribution in [0.25, 0.3) is 0 Å². The molecule has 0 aliphatic heterocycles. The summed E-state index contributed by atoms with van der Waals surface area (Å²) in [5.41, 5.74) is -1.21. The van der Waals surface area contributed by atoms with Crippen molar-refractivity contribution in [3.8, 4) is 0 Å². The van der Waals surface area contributed by atoms with E-state index in [9.17, 15) is 18.0 Å². The Kier molecular flexibility index (Phi) is 5.40. The van der Waals surface area contributed by atoms with Crippen LogP contribution < -0.4 is 10.9 Å². The van der Waals surface area contributed by atoms with Gasteiger partial charge in [0.2, 0.25) is 0 Å². The molecule has 1 aromatic heterocycles. The molecule has 0 atom stereocenters. The molecule has 0 amide bonds. The maximum Gasteiger partial charge on any atom is 0.417 e. The van der Waals surface area contributed by atoms with Crippen LogP contribution in [0.15, 0.2) is 23.1 Å². The van der Waals surface area contributed by atoms with E-state index < -0.39 is 17.3 Å². The summed E-state index contributed by atoms with van der Waals surface area (Å²) in [6.45, 7) is 3.59. The van der Waals surface area contributed by atoms with Gasteiger partial charge in [-0.05, 0) is 19.0 Å². The molecular formula is C12H17F3N2O. The molecule has 0 spiro atoms. The number of unbranched alkanes of at least 4 members (excludes halogenated alkanes) is 1. The zero-order chi connectivity index (χ0) is 13.6. The van der Waals surface area contributed by atoms with E-state index in [4.69, 9.17) is 0 Å². The standard InChI is InChI=1S/C12H17F3N2O/c1-2-3-6-16-7-8-17-9-10(12(13,14)15)4-5-11(17)18/h4-5,9,16H,2-3,6-8H2,1H3. The number of hydrogen-bond acceptors (Lipinski definition) is 2. The van der Waals surface area contributed by atoms with E-state index in [-0.39, 0.29) is 6.54 Å². The normalized spacial score (nSPS) is 11.8. The molecule has 0 bridgehead atoms. The second-order valence-corrected chi connectivity index (χ2v) is 4.05. The number of halogens is 3. The molecule has 1 heterocycles. The van der Waals surface area contributed by atoms with Crippen LogP contribution in [0.1, 0.15) is 25.3 Å². The molecule has 6 heteroatoms. The third-order valence-electron chi connectivity index (χ3n) is 2.55. The average molecular weight is 262 g/mol. The van der Waals surface area contributed by atoms with Crippen molar-refractivity contribution < 1.29 is 13.2 Å². The summed E-state index contributed by atoms with van der Waals surface area (Å²) in [4.78, 5) is 11.4. The SMILES string of the molecule is CCCCNCCn1cc(C(F)(F)F)ccc1=O.